The van der Waals surface area contributed by atoms with Crippen LogP contribution in [0.15, 0.2) is 48.7 Å². The lowest BCUT2D eigenvalue weighted by molar-refractivity contribution is -0.121. The molecule has 7 heteroatoms. The average molecular weight is 362 g/mol. The molecule has 0 saturated carbocycles. The molecule has 0 radical (unpaired) electrons. The normalized spacial score (nSPS) is 13.7. The second kappa shape index (κ2) is 8.11. The fourth-order valence-corrected chi connectivity index (χ4v) is 2.58. The molecule has 0 fully saturated rings. The number of nitrogens with one attached hydrogen (secondary N) is 1. The van der Waals surface area contributed by atoms with E-state index in [1.54, 1.807) is 13.1 Å². The van der Waals surface area contributed by atoms with Gasteiger partial charge in [0.2, 0.25) is 5.91 Å². The van der Waals surface area contributed by atoms with Gasteiger partial charge in [-0.15, -0.1) is 0 Å². The van der Waals surface area contributed by atoms with Gasteiger partial charge in [-0.05, 0) is 43.7 Å². The minimum atomic E-state index is -3.42. The topological polar surface area (TPSA) is 85.4 Å². The van der Waals surface area contributed by atoms with Crippen molar-refractivity contribution in [2.45, 2.75) is 31.7 Å². The molecule has 0 spiro atoms. The van der Waals surface area contributed by atoms with Gasteiger partial charge in [-0.25, -0.2) is 8.42 Å². The fourth-order valence-electron chi connectivity index (χ4n) is 2.12. The predicted molar refractivity (Wildman–Crippen MR) is 95.9 cm³/mol. The Morgan fingerprint density at radius 3 is 2.60 bits per heavy atom. The summed E-state index contributed by atoms with van der Waals surface area (Å²) in [5.41, 5.74) is 1.64. The number of pyridine rings is 1. The highest BCUT2D eigenvalue weighted by molar-refractivity contribution is 7.92. The number of nitrogens with zero attached hydrogens (tertiary/aromatic N) is 1. The molecule has 0 unspecified atom stereocenters. The van der Waals surface area contributed by atoms with Crippen LogP contribution in [0.3, 0.4) is 0 Å². The molecule has 1 N–H and O–H groups in total. The molecule has 25 heavy (non-hydrogen) atoms. The zero-order valence-electron chi connectivity index (χ0n) is 14.5. The van der Waals surface area contributed by atoms with Crippen LogP contribution < -0.4 is 10.1 Å². The second-order valence-electron chi connectivity index (χ2n) is 5.88. The summed E-state index contributed by atoms with van der Waals surface area (Å²) in [6.45, 7) is 3.52. The zero-order valence-corrected chi connectivity index (χ0v) is 15.3. The van der Waals surface area contributed by atoms with Crippen molar-refractivity contribution in [1.82, 2.24) is 10.3 Å². The minimum absolute atomic E-state index is 0.338. The number of hydrogen-bond donors (Lipinski definition) is 1. The number of amides is 1. The van der Waals surface area contributed by atoms with E-state index in [2.05, 4.69) is 10.3 Å². The van der Waals surface area contributed by atoms with Crippen LogP contribution in [0.2, 0.25) is 0 Å². The molecule has 2 aromatic rings. The van der Waals surface area contributed by atoms with Crippen molar-refractivity contribution in [1.29, 1.82) is 0 Å². The van der Waals surface area contributed by atoms with Crippen LogP contribution in [0, 0.1) is 0 Å². The maximum Gasteiger partial charge on any atom is 0.238 e. The predicted octanol–water partition coefficient (Wildman–Crippen LogP) is 2.27. The monoisotopic (exact) mass is 362 g/mol. The molecule has 1 aromatic carbocycles. The van der Waals surface area contributed by atoms with Crippen molar-refractivity contribution in [3.8, 4) is 5.75 Å². The summed E-state index contributed by atoms with van der Waals surface area (Å²) in [6, 6.07) is 12.6. The third-order valence-corrected chi connectivity index (χ3v) is 5.34. The van der Waals surface area contributed by atoms with E-state index in [1.165, 1.54) is 6.92 Å². The third kappa shape index (κ3) is 5.56. The van der Waals surface area contributed by atoms with Crippen molar-refractivity contribution >= 4 is 15.7 Å². The summed E-state index contributed by atoms with van der Waals surface area (Å²) < 4.78 is 28.7. The summed E-state index contributed by atoms with van der Waals surface area (Å²) in [7, 11) is -3.42. The lowest BCUT2D eigenvalue weighted by Crippen LogP contribution is -2.38. The first kappa shape index (κ1) is 18.9. The maximum absolute atomic E-state index is 12.0. The van der Waals surface area contributed by atoms with Crippen LogP contribution in [0.4, 0.5) is 0 Å². The van der Waals surface area contributed by atoms with E-state index in [4.69, 9.17) is 4.74 Å². The Hall–Kier alpha value is -2.41. The molecule has 1 heterocycles. The molecular weight excluding hydrogens is 340 g/mol. The SMILES string of the molecule is C[C@H](NC(=O)[C@@H](C)S(C)(=O)=O)c1cccc(OCc2ccccn2)c1. The van der Waals surface area contributed by atoms with Gasteiger partial charge in [-0.3, -0.25) is 9.78 Å². The zero-order chi connectivity index (χ0) is 18.4. The lowest BCUT2D eigenvalue weighted by atomic mass is 10.1. The molecule has 0 bridgehead atoms. The summed E-state index contributed by atoms with van der Waals surface area (Å²) in [5.74, 6) is 0.134. The van der Waals surface area contributed by atoms with Gasteiger partial charge in [0.25, 0.3) is 0 Å². The molecule has 6 nitrogen and oxygen atoms in total. The number of hydrogen-bond acceptors (Lipinski definition) is 5. The number of carbonyl (C=O) groups is 1. The van der Waals surface area contributed by atoms with E-state index < -0.39 is 21.0 Å². The van der Waals surface area contributed by atoms with Gasteiger partial charge in [0.15, 0.2) is 9.84 Å². The minimum Gasteiger partial charge on any atom is -0.487 e. The standard InChI is InChI=1S/C18H22N2O4S/c1-13(20-18(21)14(2)25(3,22)23)15-7-6-9-17(11-15)24-12-16-8-4-5-10-19-16/h4-11,13-14H,12H2,1-3H3,(H,20,21)/t13-,14+/m0/s1. The maximum atomic E-state index is 12.0. The number of sulfone groups is 1. The smallest absolute Gasteiger partial charge is 0.238 e. The number of ether oxygens (including phenoxy) is 1. The third-order valence-electron chi connectivity index (χ3n) is 3.84. The van der Waals surface area contributed by atoms with Gasteiger partial charge >= 0.3 is 0 Å². The molecule has 2 rings (SSSR count). The molecule has 134 valence electrons. The van der Waals surface area contributed by atoms with Gasteiger partial charge in [-0.1, -0.05) is 18.2 Å². The van der Waals surface area contributed by atoms with Crippen LogP contribution in [0.5, 0.6) is 5.75 Å². The molecule has 0 aliphatic rings. The molecular formula is C18H22N2O4S. The first-order chi connectivity index (χ1) is 11.8. The van der Waals surface area contributed by atoms with Gasteiger partial charge in [0.05, 0.1) is 11.7 Å². The van der Waals surface area contributed by atoms with E-state index in [-0.39, 0.29) is 6.04 Å². The van der Waals surface area contributed by atoms with Crippen LogP contribution in [0.1, 0.15) is 31.1 Å². The van der Waals surface area contributed by atoms with Crippen molar-refractivity contribution in [3.05, 3.63) is 59.9 Å². The largest absolute Gasteiger partial charge is 0.487 e. The molecule has 1 aromatic heterocycles. The first-order valence-electron chi connectivity index (χ1n) is 7.89. The van der Waals surface area contributed by atoms with Crippen LogP contribution in [-0.2, 0) is 21.2 Å². The Kier molecular flexibility index (Phi) is 6.14. The summed E-state index contributed by atoms with van der Waals surface area (Å²) in [6.07, 6.45) is 2.75. The Morgan fingerprint density at radius 1 is 1.20 bits per heavy atom. The van der Waals surface area contributed by atoms with E-state index in [9.17, 15) is 13.2 Å². The highest BCUT2D eigenvalue weighted by Crippen LogP contribution is 2.20. The van der Waals surface area contributed by atoms with E-state index in [1.807, 2.05) is 42.5 Å². The first-order valence-corrected chi connectivity index (χ1v) is 9.84. The number of aromatic nitrogens is 1. The average Bonchev–Trinajstić information content (AvgIpc) is 2.59. The van der Waals surface area contributed by atoms with Crippen molar-refractivity contribution in [2.75, 3.05) is 6.26 Å². The Bertz CT molecular complexity index is 822. The Balaban J connectivity index is 2.01. The molecule has 1 amide bonds. The van der Waals surface area contributed by atoms with Gasteiger partial charge in [0.1, 0.15) is 17.6 Å². The molecule has 2 atom stereocenters. The van der Waals surface area contributed by atoms with Gasteiger partial charge in [-0.2, -0.15) is 0 Å². The van der Waals surface area contributed by atoms with Crippen molar-refractivity contribution in [2.24, 2.45) is 0 Å². The van der Waals surface area contributed by atoms with Crippen molar-refractivity contribution < 1.29 is 17.9 Å². The Morgan fingerprint density at radius 2 is 1.96 bits per heavy atom. The van der Waals surface area contributed by atoms with Gasteiger partial charge in [0, 0.05) is 12.5 Å². The van der Waals surface area contributed by atoms with Crippen LogP contribution in [-0.4, -0.2) is 30.8 Å². The van der Waals surface area contributed by atoms with E-state index in [0.717, 1.165) is 17.5 Å². The van der Waals surface area contributed by atoms with E-state index >= 15 is 0 Å². The molecule has 0 aliphatic heterocycles. The number of rotatable bonds is 7. The number of benzene rings is 1. The second-order valence-corrected chi connectivity index (χ2v) is 8.25. The molecule has 0 aliphatic carbocycles. The molecule has 0 saturated heterocycles. The highest BCUT2D eigenvalue weighted by atomic mass is 32.2. The quantitative estimate of drug-likeness (QED) is 0.817. The van der Waals surface area contributed by atoms with E-state index in [0.29, 0.717) is 12.4 Å². The lowest BCUT2D eigenvalue weighted by Gasteiger charge is -2.18. The Labute approximate surface area is 148 Å². The highest BCUT2D eigenvalue weighted by Gasteiger charge is 2.24. The number of carbonyl (C=O) groups excluding carboxylic acids is 1. The van der Waals surface area contributed by atoms with Gasteiger partial charge < -0.3 is 10.1 Å². The van der Waals surface area contributed by atoms with Crippen LogP contribution in [0.25, 0.3) is 0 Å². The summed E-state index contributed by atoms with van der Waals surface area (Å²) in [4.78, 5) is 16.2. The summed E-state index contributed by atoms with van der Waals surface area (Å²) in [5, 5.41) is 1.63. The van der Waals surface area contributed by atoms with Crippen LogP contribution >= 0.6 is 0 Å². The van der Waals surface area contributed by atoms with Crippen molar-refractivity contribution in [3.63, 3.8) is 0 Å². The summed E-state index contributed by atoms with van der Waals surface area (Å²) >= 11 is 0. The fraction of sp³-hybridized carbons (Fsp3) is 0.333.